The van der Waals surface area contributed by atoms with Crippen molar-refractivity contribution in [3.63, 3.8) is 0 Å². The van der Waals surface area contributed by atoms with Crippen molar-refractivity contribution in [1.82, 2.24) is 9.88 Å². The Kier molecular flexibility index (Phi) is 7.35. The summed E-state index contributed by atoms with van der Waals surface area (Å²) < 4.78 is 11.5. The highest BCUT2D eigenvalue weighted by molar-refractivity contribution is 7.09. The molecule has 2 aromatic heterocycles. The first-order valence-corrected chi connectivity index (χ1v) is 14.0. The fourth-order valence-electron chi connectivity index (χ4n) is 4.83. The van der Waals surface area contributed by atoms with E-state index in [1.165, 1.54) is 23.2 Å². The molecule has 5 aromatic rings. The molecular formula is C31H24ClN3O4S. The number of thiazole rings is 1. The number of nitrogens with zero attached hydrogens (tertiary/aromatic N) is 2. The number of benzene rings is 3. The normalized spacial score (nSPS) is 14.4. The van der Waals surface area contributed by atoms with E-state index in [1.54, 1.807) is 41.8 Å². The Morgan fingerprint density at radius 1 is 1.05 bits per heavy atom. The molecule has 1 N–H and O–H groups in total. The summed E-state index contributed by atoms with van der Waals surface area (Å²) in [7, 11) is 0. The number of carbonyl (C=O) groups is 2. The van der Waals surface area contributed by atoms with Crippen molar-refractivity contribution in [3.05, 3.63) is 135 Å². The molecule has 0 radical (unpaired) electrons. The fourth-order valence-corrected chi connectivity index (χ4v) is 5.70. The average Bonchev–Trinajstić information content (AvgIpc) is 3.69. The predicted molar refractivity (Wildman–Crippen MR) is 154 cm³/mol. The Bertz CT molecular complexity index is 1650. The monoisotopic (exact) mass is 569 g/mol. The number of hydrogen-bond donors (Lipinski definition) is 1. The van der Waals surface area contributed by atoms with Gasteiger partial charge in [0.25, 0.3) is 11.8 Å². The average molecular weight is 570 g/mol. The van der Waals surface area contributed by atoms with Crippen LogP contribution in [0.15, 0.2) is 101 Å². The lowest BCUT2D eigenvalue weighted by atomic mass is 9.87. The fraction of sp³-hybridized carbons (Fsp3) is 0.129. The highest BCUT2D eigenvalue weighted by atomic mass is 35.5. The van der Waals surface area contributed by atoms with Gasteiger partial charge in [-0.3, -0.25) is 9.59 Å². The molecule has 200 valence electrons. The Labute approximate surface area is 240 Å². The largest absolute Gasteiger partial charge is 0.486 e. The minimum atomic E-state index is -0.314. The van der Waals surface area contributed by atoms with Gasteiger partial charge in [-0.2, -0.15) is 0 Å². The minimum Gasteiger partial charge on any atom is -0.486 e. The number of amides is 2. The molecule has 7 nitrogen and oxygen atoms in total. The van der Waals surface area contributed by atoms with Gasteiger partial charge in [-0.1, -0.05) is 54.1 Å². The summed E-state index contributed by atoms with van der Waals surface area (Å²) in [4.78, 5) is 32.3. The van der Waals surface area contributed by atoms with Crippen LogP contribution in [0.2, 0.25) is 5.02 Å². The lowest BCUT2D eigenvalue weighted by Gasteiger charge is -2.37. The standard InChI is InChI=1S/C31H24ClN3O4S/c32-22-8-4-9-23(16-22)33-30(36)26-19-40-28(34-26)18-39-24-12-11-20-13-14-35(31(37)27-10-5-15-38-27)29(25(20)17-24)21-6-2-1-3-7-21/h1-12,15-17,19,29H,13-14,18H2,(H,33,36). The van der Waals surface area contributed by atoms with Crippen LogP contribution in [0.5, 0.6) is 5.75 Å². The number of rotatable bonds is 7. The third-order valence-corrected chi connectivity index (χ3v) is 7.74. The number of hydrogen-bond acceptors (Lipinski definition) is 6. The van der Waals surface area contributed by atoms with E-state index in [9.17, 15) is 9.59 Å². The second-order valence-electron chi connectivity index (χ2n) is 9.28. The summed E-state index contributed by atoms with van der Waals surface area (Å²) in [6.45, 7) is 0.782. The minimum absolute atomic E-state index is 0.151. The number of furan rings is 1. The SMILES string of the molecule is O=C(Nc1cccc(Cl)c1)c1csc(COc2ccc3c(c2)C(c2ccccc2)N(C(=O)c2ccco2)CC3)n1. The van der Waals surface area contributed by atoms with Gasteiger partial charge in [0.15, 0.2) is 5.76 Å². The van der Waals surface area contributed by atoms with Crippen molar-refractivity contribution in [2.45, 2.75) is 19.1 Å². The summed E-state index contributed by atoms with van der Waals surface area (Å²) in [6.07, 6.45) is 2.24. The van der Waals surface area contributed by atoms with Gasteiger partial charge >= 0.3 is 0 Å². The molecule has 2 amide bonds. The topological polar surface area (TPSA) is 84.7 Å². The van der Waals surface area contributed by atoms with Crippen molar-refractivity contribution in [1.29, 1.82) is 0 Å². The van der Waals surface area contributed by atoms with Crippen LogP contribution in [0.25, 0.3) is 0 Å². The number of ether oxygens (including phenoxy) is 1. The molecule has 9 heteroatoms. The van der Waals surface area contributed by atoms with Crippen molar-refractivity contribution < 1.29 is 18.7 Å². The van der Waals surface area contributed by atoms with E-state index in [0.29, 0.717) is 39.5 Å². The second kappa shape index (κ2) is 11.4. The van der Waals surface area contributed by atoms with E-state index in [4.69, 9.17) is 20.8 Å². The quantitative estimate of drug-likeness (QED) is 0.228. The number of fused-ring (bicyclic) bond motifs is 1. The zero-order chi connectivity index (χ0) is 27.5. The molecule has 1 atom stereocenters. The van der Waals surface area contributed by atoms with Crippen LogP contribution in [-0.2, 0) is 13.0 Å². The molecule has 0 aliphatic carbocycles. The summed E-state index contributed by atoms with van der Waals surface area (Å²) in [5, 5.41) is 5.72. The molecule has 0 saturated heterocycles. The van der Waals surface area contributed by atoms with Gasteiger partial charge in [-0.05, 0) is 65.6 Å². The van der Waals surface area contributed by atoms with Crippen molar-refractivity contribution in [2.75, 3.05) is 11.9 Å². The van der Waals surface area contributed by atoms with Crippen molar-refractivity contribution >= 4 is 40.4 Å². The first kappa shape index (κ1) is 25.9. The van der Waals surface area contributed by atoms with Gasteiger partial charge in [-0.15, -0.1) is 11.3 Å². The number of anilines is 1. The summed E-state index contributed by atoms with van der Waals surface area (Å²) in [5.41, 5.74) is 4.10. The highest BCUT2D eigenvalue weighted by Gasteiger charge is 2.34. The number of aromatic nitrogens is 1. The number of carbonyl (C=O) groups excluding carboxylic acids is 2. The molecule has 6 rings (SSSR count). The molecule has 0 bridgehead atoms. The van der Waals surface area contributed by atoms with Gasteiger partial charge in [0.1, 0.15) is 23.1 Å². The summed E-state index contributed by atoms with van der Waals surface area (Å²) in [5.74, 6) is 0.510. The van der Waals surface area contributed by atoms with Gasteiger partial charge < -0.3 is 19.4 Å². The van der Waals surface area contributed by atoms with E-state index < -0.39 is 0 Å². The first-order chi connectivity index (χ1) is 19.5. The summed E-state index contributed by atoms with van der Waals surface area (Å²) in [6, 6.07) is 26.0. The van der Waals surface area contributed by atoms with Crippen LogP contribution in [-0.4, -0.2) is 28.2 Å². The molecule has 0 spiro atoms. The predicted octanol–water partition coefficient (Wildman–Crippen LogP) is 7.01. The molecule has 40 heavy (non-hydrogen) atoms. The third-order valence-electron chi connectivity index (χ3n) is 6.68. The van der Waals surface area contributed by atoms with Crippen LogP contribution in [0.3, 0.4) is 0 Å². The Morgan fingerprint density at radius 3 is 2.73 bits per heavy atom. The lowest BCUT2D eigenvalue weighted by molar-refractivity contribution is 0.0661. The van der Waals surface area contributed by atoms with E-state index in [0.717, 1.165) is 17.5 Å². The van der Waals surface area contributed by atoms with Gasteiger partial charge in [0.2, 0.25) is 0 Å². The van der Waals surface area contributed by atoms with E-state index in [1.807, 2.05) is 47.4 Å². The van der Waals surface area contributed by atoms with Gasteiger partial charge in [0.05, 0.1) is 12.3 Å². The maximum Gasteiger partial charge on any atom is 0.290 e. The van der Waals surface area contributed by atoms with E-state index in [-0.39, 0.29) is 24.5 Å². The smallest absolute Gasteiger partial charge is 0.290 e. The van der Waals surface area contributed by atoms with Crippen LogP contribution in [0, 0.1) is 0 Å². The molecule has 1 unspecified atom stereocenters. The van der Waals surface area contributed by atoms with Crippen LogP contribution < -0.4 is 10.1 Å². The van der Waals surface area contributed by atoms with E-state index in [2.05, 4.69) is 16.4 Å². The van der Waals surface area contributed by atoms with E-state index >= 15 is 0 Å². The molecule has 1 aliphatic rings. The number of nitrogens with one attached hydrogen (secondary N) is 1. The highest BCUT2D eigenvalue weighted by Crippen LogP contribution is 2.38. The van der Waals surface area contributed by atoms with Crippen LogP contribution in [0.1, 0.15) is 48.8 Å². The maximum absolute atomic E-state index is 13.4. The van der Waals surface area contributed by atoms with Crippen molar-refractivity contribution in [2.24, 2.45) is 0 Å². The molecule has 3 heterocycles. The third kappa shape index (κ3) is 5.50. The molecule has 0 fully saturated rings. The van der Waals surface area contributed by atoms with Crippen LogP contribution >= 0.6 is 22.9 Å². The zero-order valence-corrected chi connectivity index (χ0v) is 22.8. The van der Waals surface area contributed by atoms with Gasteiger partial charge in [-0.25, -0.2) is 4.98 Å². The van der Waals surface area contributed by atoms with Gasteiger partial charge in [0, 0.05) is 22.6 Å². The lowest BCUT2D eigenvalue weighted by Crippen LogP contribution is -2.40. The Hall–Kier alpha value is -4.40. The Balaban J connectivity index is 1.20. The molecule has 1 aliphatic heterocycles. The molecular weight excluding hydrogens is 546 g/mol. The Morgan fingerprint density at radius 2 is 1.93 bits per heavy atom. The maximum atomic E-state index is 13.4. The molecule has 3 aromatic carbocycles. The second-order valence-corrected chi connectivity index (χ2v) is 10.7. The summed E-state index contributed by atoms with van der Waals surface area (Å²) >= 11 is 7.36. The van der Waals surface area contributed by atoms with Crippen molar-refractivity contribution in [3.8, 4) is 5.75 Å². The molecule has 0 saturated carbocycles. The van der Waals surface area contributed by atoms with Crippen LogP contribution in [0.4, 0.5) is 5.69 Å². The zero-order valence-electron chi connectivity index (χ0n) is 21.2. The first-order valence-electron chi connectivity index (χ1n) is 12.7. The number of halogens is 1.